The molecule has 1 saturated heterocycles. The molecule has 0 unspecified atom stereocenters. The van der Waals surface area contributed by atoms with Gasteiger partial charge in [-0.25, -0.2) is 13.9 Å². The van der Waals surface area contributed by atoms with Gasteiger partial charge in [0.15, 0.2) is 5.82 Å². The minimum absolute atomic E-state index is 0.291. The van der Waals surface area contributed by atoms with E-state index in [2.05, 4.69) is 27.4 Å². The molecule has 0 N–H and O–H groups in total. The number of tetrazole rings is 1. The Kier molecular flexibility index (Phi) is 3.83. The van der Waals surface area contributed by atoms with Crippen LogP contribution in [0.1, 0.15) is 0 Å². The summed E-state index contributed by atoms with van der Waals surface area (Å²) in [5, 5.41) is 11.2. The second-order valence-corrected chi connectivity index (χ2v) is 5.84. The van der Waals surface area contributed by atoms with Gasteiger partial charge in [-0.1, -0.05) is 6.07 Å². The van der Waals surface area contributed by atoms with Crippen LogP contribution in [0.25, 0.3) is 22.6 Å². The number of ether oxygens (including phenoxy) is 1. The summed E-state index contributed by atoms with van der Waals surface area (Å²) in [5.74, 6) is 0.0559. The molecule has 1 atom stereocenters. The van der Waals surface area contributed by atoms with Gasteiger partial charge >= 0.3 is 6.09 Å². The third kappa shape index (κ3) is 2.77. The maximum atomic E-state index is 14.6. The van der Waals surface area contributed by atoms with Crippen molar-refractivity contribution in [3.63, 3.8) is 0 Å². The molecule has 2 aromatic heterocycles. The van der Waals surface area contributed by atoms with Crippen LogP contribution in [0.2, 0.25) is 0 Å². The fraction of sp³-hybridized carbons (Fsp3) is 0.176. The highest BCUT2D eigenvalue weighted by atomic mass is 19.1. The topological polar surface area (TPSA) is 86.0 Å². The zero-order valence-electron chi connectivity index (χ0n) is 13.8. The Bertz CT molecular complexity index is 972. The van der Waals surface area contributed by atoms with Crippen molar-refractivity contribution in [3.8, 4) is 22.6 Å². The van der Waals surface area contributed by atoms with E-state index >= 15 is 0 Å². The molecule has 1 aliphatic rings. The largest absolute Gasteiger partial charge is 0.444 e. The number of nitrogens with zero attached hydrogens (tertiary/aromatic N) is 6. The summed E-state index contributed by atoms with van der Waals surface area (Å²) in [5.41, 5.74) is 1.99. The zero-order chi connectivity index (χ0) is 18.3. The van der Waals surface area contributed by atoms with Crippen molar-refractivity contribution in [1.82, 2.24) is 25.2 Å². The Morgan fingerprint density at radius 2 is 2.15 bits per heavy atom. The number of cyclic esters (lactones) is 1. The van der Waals surface area contributed by atoms with E-state index in [1.807, 2.05) is 0 Å². The predicted molar refractivity (Wildman–Crippen MR) is 90.4 cm³/mol. The van der Waals surface area contributed by atoms with Crippen LogP contribution in [-0.2, 0) is 11.8 Å². The van der Waals surface area contributed by atoms with E-state index in [9.17, 15) is 9.18 Å². The van der Waals surface area contributed by atoms with Crippen LogP contribution in [0.4, 0.5) is 14.9 Å². The first kappa shape index (κ1) is 16.1. The number of rotatable bonds is 3. The maximum absolute atomic E-state index is 14.6. The van der Waals surface area contributed by atoms with Gasteiger partial charge in [0, 0.05) is 24.4 Å². The molecule has 131 valence electrons. The van der Waals surface area contributed by atoms with E-state index in [1.54, 1.807) is 37.5 Å². The summed E-state index contributed by atoms with van der Waals surface area (Å²) >= 11 is 0. The van der Waals surface area contributed by atoms with Gasteiger partial charge < -0.3 is 4.74 Å². The zero-order valence-corrected chi connectivity index (χ0v) is 13.8. The Balaban J connectivity index is 1.62. The van der Waals surface area contributed by atoms with Gasteiger partial charge in [-0.05, 0) is 41.6 Å². The molecular weight excluding hydrogens is 339 g/mol. The van der Waals surface area contributed by atoms with Crippen molar-refractivity contribution < 1.29 is 13.9 Å². The lowest BCUT2D eigenvalue weighted by atomic mass is 10.1. The summed E-state index contributed by atoms with van der Waals surface area (Å²) in [7, 11) is 1.71. The number of benzene rings is 1. The number of carbonyl (C=O) groups is 1. The third-order valence-electron chi connectivity index (χ3n) is 4.06. The molecule has 3 heterocycles. The molecule has 3 aromatic rings. The van der Waals surface area contributed by atoms with Gasteiger partial charge in [0.05, 0.1) is 12.2 Å². The number of amides is 1. The van der Waals surface area contributed by atoms with Gasteiger partial charge in [0.1, 0.15) is 17.6 Å². The highest BCUT2D eigenvalue weighted by molar-refractivity contribution is 5.90. The van der Waals surface area contributed by atoms with E-state index in [4.69, 9.17) is 4.74 Å². The van der Waals surface area contributed by atoms with E-state index in [0.717, 1.165) is 0 Å². The lowest BCUT2D eigenvalue weighted by molar-refractivity contribution is 0.159. The first-order chi connectivity index (χ1) is 12.5. The molecule has 0 bridgehead atoms. The van der Waals surface area contributed by atoms with Crippen molar-refractivity contribution in [3.05, 3.63) is 49.3 Å². The average Bonchev–Trinajstić information content (AvgIpc) is 3.20. The van der Waals surface area contributed by atoms with Crippen LogP contribution >= 0.6 is 0 Å². The maximum Gasteiger partial charge on any atom is 0.414 e. The molecule has 0 spiro atoms. The molecule has 1 amide bonds. The van der Waals surface area contributed by atoms with Crippen LogP contribution in [0.3, 0.4) is 0 Å². The number of aryl methyl sites for hydroxylation is 1. The van der Waals surface area contributed by atoms with Crippen molar-refractivity contribution in [2.24, 2.45) is 7.05 Å². The standard InChI is InChI=1S/C17H14FN6O2/c1-10-9-24(17(25)26-10)12-4-5-13(14(18)7-12)11-3-6-15(19-8-11)16-20-21-22-23(16)2/h3-8,10H,1,9H2,2H3/t10-/m1/s1. The Labute approximate surface area is 148 Å². The number of carbonyl (C=O) groups excluding carboxylic acids is 1. The van der Waals surface area contributed by atoms with Gasteiger partial charge in [0.2, 0.25) is 0 Å². The predicted octanol–water partition coefficient (Wildman–Crippen LogP) is 2.24. The Morgan fingerprint density at radius 1 is 1.31 bits per heavy atom. The lowest BCUT2D eigenvalue weighted by Crippen LogP contribution is -2.24. The molecule has 1 radical (unpaired) electrons. The fourth-order valence-corrected chi connectivity index (χ4v) is 2.77. The van der Waals surface area contributed by atoms with Crippen LogP contribution in [0, 0.1) is 12.7 Å². The van der Waals surface area contributed by atoms with Gasteiger partial charge in [-0.15, -0.1) is 5.10 Å². The number of halogens is 1. The molecule has 9 heteroatoms. The van der Waals surface area contributed by atoms with Crippen LogP contribution in [0.15, 0.2) is 36.5 Å². The molecular formula is C17H14FN6O2. The molecule has 8 nitrogen and oxygen atoms in total. The van der Waals surface area contributed by atoms with E-state index in [1.165, 1.54) is 15.6 Å². The minimum Gasteiger partial charge on any atom is -0.444 e. The highest BCUT2D eigenvalue weighted by Crippen LogP contribution is 2.29. The summed E-state index contributed by atoms with van der Waals surface area (Å²) in [6.07, 6.45) is 0.565. The summed E-state index contributed by atoms with van der Waals surface area (Å²) in [4.78, 5) is 17.4. The molecule has 0 aliphatic carbocycles. The minimum atomic E-state index is -0.527. The normalized spacial score (nSPS) is 16.8. The van der Waals surface area contributed by atoms with Crippen LogP contribution in [0.5, 0.6) is 0 Å². The van der Waals surface area contributed by atoms with Crippen molar-refractivity contribution in [1.29, 1.82) is 0 Å². The first-order valence-electron chi connectivity index (χ1n) is 7.83. The highest BCUT2D eigenvalue weighted by Gasteiger charge is 2.29. The van der Waals surface area contributed by atoms with E-state index < -0.39 is 18.0 Å². The number of hydrogen-bond donors (Lipinski definition) is 0. The van der Waals surface area contributed by atoms with E-state index in [0.29, 0.717) is 34.9 Å². The molecule has 4 rings (SSSR count). The van der Waals surface area contributed by atoms with E-state index in [-0.39, 0.29) is 0 Å². The van der Waals surface area contributed by atoms with Crippen molar-refractivity contribution in [2.45, 2.75) is 6.10 Å². The molecule has 26 heavy (non-hydrogen) atoms. The van der Waals surface area contributed by atoms with Gasteiger partial charge in [0.25, 0.3) is 0 Å². The fourth-order valence-electron chi connectivity index (χ4n) is 2.77. The Hall–Kier alpha value is -3.36. The number of anilines is 1. The summed E-state index contributed by atoms with van der Waals surface area (Å²) in [6.45, 7) is 3.98. The van der Waals surface area contributed by atoms with Crippen LogP contribution in [-0.4, -0.2) is 43.9 Å². The quantitative estimate of drug-likeness (QED) is 0.718. The summed E-state index contributed by atoms with van der Waals surface area (Å²) in [6, 6.07) is 8.03. The number of pyridine rings is 1. The van der Waals surface area contributed by atoms with Gasteiger partial charge in [-0.2, -0.15) is 0 Å². The number of aromatic nitrogens is 5. The average molecular weight is 353 g/mol. The molecule has 1 aliphatic heterocycles. The number of hydrogen-bond acceptors (Lipinski definition) is 6. The molecule has 1 fully saturated rings. The van der Waals surface area contributed by atoms with Crippen molar-refractivity contribution >= 4 is 11.8 Å². The second-order valence-electron chi connectivity index (χ2n) is 5.84. The third-order valence-corrected chi connectivity index (χ3v) is 4.06. The SMILES string of the molecule is [CH2][C@@H]1CN(c2ccc(-c3ccc(-c4nnnn4C)nc3)c(F)c2)C(=O)O1. The monoisotopic (exact) mass is 353 g/mol. The molecule has 0 saturated carbocycles. The summed E-state index contributed by atoms with van der Waals surface area (Å²) < 4.78 is 21.1. The lowest BCUT2D eigenvalue weighted by Gasteiger charge is -2.14. The molecule has 1 aromatic carbocycles. The second kappa shape index (κ2) is 6.17. The van der Waals surface area contributed by atoms with Gasteiger partial charge in [-0.3, -0.25) is 9.88 Å². The smallest absolute Gasteiger partial charge is 0.414 e. The Morgan fingerprint density at radius 3 is 2.73 bits per heavy atom. The van der Waals surface area contributed by atoms with Crippen LogP contribution < -0.4 is 4.90 Å². The first-order valence-corrected chi connectivity index (χ1v) is 7.83. The van der Waals surface area contributed by atoms with Crippen molar-refractivity contribution in [2.75, 3.05) is 11.4 Å².